The molecule has 0 aliphatic carbocycles. The van der Waals surface area contributed by atoms with Crippen LogP contribution in [0.2, 0.25) is 0 Å². The maximum atomic E-state index is 3.75. The van der Waals surface area contributed by atoms with Gasteiger partial charge in [0, 0.05) is 10.5 Å². The van der Waals surface area contributed by atoms with Gasteiger partial charge in [-0.1, -0.05) is 72.2 Å². The summed E-state index contributed by atoms with van der Waals surface area (Å²) in [5.41, 5.74) is 5.41. The van der Waals surface area contributed by atoms with Crippen LogP contribution in [-0.4, -0.2) is 6.54 Å². The smallest absolute Gasteiger partial charge is 0.0372 e. The SMILES string of the molecule is CCNC(Cc1ccc(CC)cc1)c1cccc(C)c1Br. The lowest BCUT2D eigenvalue weighted by Gasteiger charge is -2.21. The largest absolute Gasteiger partial charge is 0.310 e. The summed E-state index contributed by atoms with van der Waals surface area (Å²) in [6.07, 6.45) is 2.11. The summed E-state index contributed by atoms with van der Waals surface area (Å²) in [4.78, 5) is 0. The summed E-state index contributed by atoms with van der Waals surface area (Å²) < 4.78 is 1.22. The van der Waals surface area contributed by atoms with Gasteiger partial charge in [0.2, 0.25) is 0 Å². The Kier molecular flexibility index (Phi) is 6.01. The molecule has 0 amide bonds. The van der Waals surface area contributed by atoms with E-state index < -0.39 is 0 Å². The fraction of sp³-hybridized carbons (Fsp3) is 0.368. The van der Waals surface area contributed by atoms with Gasteiger partial charge in [0.25, 0.3) is 0 Å². The predicted molar refractivity (Wildman–Crippen MR) is 94.8 cm³/mol. The first-order valence-electron chi connectivity index (χ1n) is 7.71. The fourth-order valence-corrected chi connectivity index (χ4v) is 3.17. The molecule has 2 aromatic carbocycles. The average molecular weight is 346 g/mol. The summed E-state index contributed by atoms with van der Waals surface area (Å²) >= 11 is 3.75. The van der Waals surface area contributed by atoms with E-state index in [0.29, 0.717) is 6.04 Å². The molecule has 1 atom stereocenters. The van der Waals surface area contributed by atoms with Gasteiger partial charge in [-0.05, 0) is 48.6 Å². The number of hydrogen-bond acceptors (Lipinski definition) is 1. The molecule has 0 aromatic heterocycles. The quantitative estimate of drug-likeness (QED) is 0.757. The molecule has 0 saturated heterocycles. The third-order valence-electron chi connectivity index (χ3n) is 3.92. The van der Waals surface area contributed by atoms with Crippen molar-refractivity contribution in [3.63, 3.8) is 0 Å². The third kappa shape index (κ3) is 4.18. The first-order chi connectivity index (χ1) is 10.2. The second-order valence-corrected chi connectivity index (χ2v) is 6.26. The molecule has 0 fully saturated rings. The molecule has 0 radical (unpaired) electrons. The van der Waals surface area contributed by atoms with Crippen molar-refractivity contribution >= 4 is 15.9 Å². The van der Waals surface area contributed by atoms with E-state index >= 15 is 0 Å². The van der Waals surface area contributed by atoms with Gasteiger partial charge in [0.1, 0.15) is 0 Å². The lowest BCUT2D eigenvalue weighted by molar-refractivity contribution is 0.547. The molecule has 2 aromatic rings. The molecule has 0 spiro atoms. The Morgan fingerprint density at radius 2 is 1.67 bits per heavy atom. The molecular weight excluding hydrogens is 322 g/mol. The Hall–Kier alpha value is -1.12. The van der Waals surface area contributed by atoms with Crippen molar-refractivity contribution in [1.29, 1.82) is 0 Å². The maximum absolute atomic E-state index is 3.75. The minimum absolute atomic E-state index is 0.344. The van der Waals surface area contributed by atoms with Crippen LogP contribution in [-0.2, 0) is 12.8 Å². The van der Waals surface area contributed by atoms with Crippen LogP contribution in [0.15, 0.2) is 46.9 Å². The Bertz CT molecular complexity index is 575. The number of benzene rings is 2. The summed E-state index contributed by atoms with van der Waals surface area (Å²) in [6.45, 7) is 7.47. The molecule has 2 rings (SSSR count). The molecule has 112 valence electrons. The third-order valence-corrected chi connectivity index (χ3v) is 5.00. The second kappa shape index (κ2) is 7.77. The molecule has 0 aliphatic rings. The van der Waals surface area contributed by atoms with Gasteiger partial charge in [0.15, 0.2) is 0 Å². The monoisotopic (exact) mass is 345 g/mol. The highest BCUT2D eigenvalue weighted by atomic mass is 79.9. The summed E-state index contributed by atoms with van der Waals surface area (Å²) in [5, 5.41) is 3.61. The van der Waals surface area contributed by atoms with Gasteiger partial charge in [-0.3, -0.25) is 0 Å². The minimum atomic E-state index is 0.344. The molecule has 0 heterocycles. The molecular formula is C19H24BrN. The van der Waals surface area contributed by atoms with Crippen LogP contribution < -0.4 is 5.32 Å². The fourth-order valence-electron chi connectivity index (χ4n) is 2.62. The number of likely N-dealkylation sites (N-methyl/N-ethyl adjacent to an activating group) is 1. The first kappa shape index (κ1) is 16.3. The van der Waals surface area contributed by atoms with Crippen LogP contribution in [0.5, 0.6) is 0 Å². The Balaban J connectivity index is 2.24. The van der Waals surface area contributed by atoms with Crippen LogP contribution in [0, 0.1) is 6.92 Å². The number of nitrogens with one attached hydrogen (secondary N) is 1. The van der Waals surface area contributed by atoms with Crippen molar-refractivity contribution in [2.24, 2.45) is 0 Å². The van der Waals surface area contributed by atoms with Gasteiger partial charge >= 0.3 is 0 Å². The van der Waals surface area contributed by atoms with Crippen molar-refractivity contribution in [1.82, 2.24) is 5.32 Å². The van der Waals surface area contributed by atoms with Gasteiger partial charge in [-0.25, -0.2) is 0 Å². The standard InChI is InChI=1S/C19H24BrN/c1-4-15-9-11-16(12-10-15)13-18(21-5-2)17-8-6-7-14(3)19(17)20/h6-12,18,21H,4-5,13H2,1-3H3. The zero-order chi connectivity index (χ0) is 15.2. The van der Waals surface area contributed by atoms with E-state index in [0.717, 1.165) is 19.4 Å². The van der Waals surface area contributed by atoms with Crippen LogP contribution in [0.3, 0.4) is 0 Å². The van der Waals surface area contributed by atoms with Crippen molar-refractivity contribution in [3.8, 4) is 0 Å². The van der Waals surface area contributed by atoms with E-state index in [1.807, 2.05) is 0 Å². The minimum Gasteiger partial charge on any atom is -0.310 e. The van der Waals surface area contributed by atoms with E-state index in [1.54, 1.807) is 0 Å². The molecule has 1 unspecified atom stereocenters. The molecule has 1 nitrogen and oxygen atoms in total. The highest BCUT2D eigenvalue weighted by molar-refractivity contribution is 9.10. The molecule has 0 aliphatic heterocycles. The zero-order valence-electron chi connectivity index (χ0n) is 13.1. The van der Waals surface area contributed by atoms with Crippen LogP contribution in [0.1, 0.15) is 42.1 Å². The van der Waals surface area contributed by atoms with E-state index in [4.69, 9.17) is 0 Å². The first-order valence-corrected chi connectivity index (χ1v) is 8.51. The summed E-state index contributed by atoms with van der Waals surface area (Å²) in [7, 11) is 0. The van der Waals surface area contributed by atoms with Gasteiger partial charge in [0.05, 0.1) is 0 Å². The molecule has 0 saturated carbocycles. The van der Waals surface area contributed by atoms with E-state index in [-0.39, 0.29) is 0 Å². The maximum Gasteiger partial charge on any atom is 0.0372 e. The number of halogens is 1. The second-order valence-electron chi connectivity index (χ2n) is 5.46. The number of hydrogen-bond donors (Lipinski definition) is 1. The van der Waals surface area contributed by atoms with Gasteiger partial charge in [-0.15, -0.1) is 0 Å². The number of rotatable bonds is 6. The van der Waals surface area contributed by atoms with Crippen molar-refractivity contribution in [2.45, 2.75) is 39.7 Å². The lowest BCUT2D eigenvalue weighted by atomic mass is 9.96. The topological polar surface area (TPSA) is 12.0 Å². The molecule has 0 bridgehead atoms. The number of aryl methyl sites for hydroxylation is 2. The van der Waals surface area contributed by atoms with Gasteiger partial charge in [-0.2, -0.15) is 0 Å². The summed E-state index contributed by atoms with van der Waals surface area (Å²) in [5.74, 6) is 0. The highest BCUT2D eigenvalue weighted by Crippen LogP contribution is 2.29. The Labute approximate surface area is 136 Å². The van der Waals surface area contributed by atoms with E-state index in [9.17, 15) is 0 Å². The van der Waals surface area contributed by atoms with Crippen LogP contribution in [0.4, 0.5) is 0 Å². The predicted octanol–water partition coefficient (Wildman–Crippen LogP) is 5.21. The molecule has 1 N–H and O–H groups in total. The summed E-state index contributed by atoms with van der Waals surface area (Å²) in [6, 6.07) is 15.8. The lowest BCUT2D eigenvalue weighted by Crippen LogP contribution is -2.23. The van der Waals surface area contributed by atoms with E-state index in [2.05, 4.69) is 84.5 Å². The Morgan fingerprint density at radius 1 is 1.00 bits per heavy atom. The molecule has 21 heavy (non-hydrogen) atoms. The van der Waals surface area contributed by atoms with Crippen LogP contribution >= 0.6 is 15.9 Å². The molecule has 2 heteroatoms. The van der Waals surface area contributed by atoms with Crippen molar-refractivity contribution in [3.05, 3.63) is 69.2 Å². The van der Waals surface area contributed by atoms with E-state index in [1.165, 1.54) is 26.7 Å². The van der Waals surface area contributed by atoms with Crippen molar-refractivity contribution in [2.75, 3.05) is 6.54 Å². The van der Waals surface area contributed by atoms with Crippen molar-refractivity contribution < 1.29 is 0 Å². The van der Waals surface area contributed by atoms with Crippen LogP contribution in [0.25, 0.3) is 0 Å². The normalized spacial score (nSPS) is 12.4. The zero-order valence-corrected chi connectivity index (χ0v) is 14.7. The average Bonchev–Trinajstić information content (AvgIpc) is 2.50. The Morgan fingerprint density at radius 3 is 2.29 bits per heavy atom. The van der Waals surface area contributed by atoms with Gasteiger partial charge < -0.3 is 5.32 Å². The highest BCUT2D eigenvalue weighted by Gasteiger charge is 2.15.